The van der Waals surface area contributed by atoms with Crippen molar-refractivity contribution in [3.63, 3.8) is 0 Å². The van der Waals surface area contributed by atoms with E-state index in [9.17, 15) is 36.2 Å². The SMILES string of the molecule is C=C(C=NC(=CC)C(F)(F)F)C(=O)NCC1=CC(C2=CCC(C)(O)N=C2)C(N=C(C)C(F)(F)F)C(C)=C1. The Hall–Kier alpha value is -3.28. The number of aliphatic hydroxyl groups is 1. The summed E-state index contributed by atoms with van der Waals surface area (Å²) >= 11 is 0. The molecule has 2 rings (SSSR count). The van der Waals surface area contributed by atoms with Gasteiger partial charge in [0.2, 0.25) is 0 Å². The van der Waals surface area contributed by atoms with E-state index in [0.717, 1.165) is 19.9 Å². The molecule has 0 radical (unpaired) electrons. The van der Waals surface area contributed by atoms with E-state index in [0.29, 0.717) is 22.9 Å². The maximum Gasteiger partial charge on any atom is 0.433 e. The predicted octanol–water partition coefficient (Wildman–Crippen LogP) is 5.20. The van der Waals surface area contributed by atoms with Crippen molar-refractivity contribution < 1.29 is 36.2 Å². The zero-order valence-corrected chi connectivity index (χ0v) is 20.7. The fraction of sp³-hybridized carbons (Fsp3) is 0.440. The summed E-state index contributed by atoms with van der Waals surface area (Å²) in [5.74, 6) is -1.43. The summed E-state index contributed by atoms with van der Waals surface area (Å²) < 4.78 is 77.9. The van der Waals surface area contributed by atoms with Crippen molar-refractivity contribution >= 4 is 24.0 Å². The van der Waals surface area contributed by atoms with Gasteiger partial charge in [-0.15, -0.1) is 0 Å². The van der Waals surface area contributed by atoms with Crippen LogP contribution < -0.4 is 5.32 Å². The summed E-state index contributed by atoms with van der Waals surface area (Å²) in [6.07, 6.45) is -1.39. The molecule has 0 fully saturated rings. The first kappa shape index (κ1) is 29.9. The van der Waals surface area contributed by atoms with Gasteiger partial charge in [-0.25, -0.2) is 0 Å². The second kappa shape index (κ2) is 11.4. The number of aliphatic imine (C=N–C) groups is 3. The smallest absolute Gasteiger partial charge is 0.369 e. The molecule has 1 amide bonds. The molecule has 0 spiro atoms. The summed E-state index contributed by atoms with van der Waals surface area (Å²) in [5.41, 5.74) is -2.25. The van der Waals surface area contributed by atoms with Crippen LogP contribution >= 0.6 is 0 Å². The molecule has 0 aromatic rings. The molecule has 2 aliphatic rings. The third-order valence-corrected chi connectivity index (χ3v) is 5.63. The van der Waals surface area contributed by atoms with Gasteiger partial charge in [-0.2, -0.15) is 26.3 Å². The van der Waals surface area contributed by atoms with Gasteiger partial charge in [-0.3, -0.25) is 19.8 Å². The van der Waals surface area contributed by atoms with Gasteiger partial charge in [-0.1, -0.05) is 30.9 Å². The Kier molecular flexibility index (Phi) is 9.23. The molecule has 0 aromatic carbocycles. The maximum absolute atomic E-state index is 13.2. The van der Waals surface area contributed by atoms with Crippen molar-refractivity contribution in [1.82, 2.24) is 5.32 Å². The third-order valence-electron chi connectivity index (χ3n) is 5.63. The topological polar surface area (TPSA) is 86.4 Å². The van der Waals surface area contributed by atoms with Crippen LogP contribution in [-0.4, -0.2) is 59.8 Å². The van der Waals surface area contributed by atoms with Crippen LogP contribution in [0, 0.1) is 5.92 Å². The second-order valence-electron chi connectivity index (χ2n) is 8.83. The molecule has 6 nitrogen and oxygen atoms in total. The third kappa shape index (κ3) is 8.38. The highest BCUT2D eigenvalue weighted by Crippen LogP contribution is 2.34. The van der Waals surface area contributed by atoms with Gasteiger partial charge < -0.3 is 10.4 Å². The molecule has 1 heterocycles. The largest absolute Gasteiger partial charge is 0.433 e. The number of rotatable bonds is 7. The number of carbonyl (C=O) groups is 1. The number of halogens is 6. The highest BCUT2D eigenvalue weighted by Gasteiger charge is 2.36. The molecule has 3 atom stereocenters. The first-order chi connectivity index (χ1) is 16.9. The highest BCUT2D eigenvalue weighted by molar-refractivity contribution is 6.11. The quantitative estimate of drug-likeness (QED) is 0.269. The number of hydrogen-bond acceptors (Lipinski definition) is 5. The van der Waals surface area contributed by atoms with Gasteiger partial charge in [0.25, 0.3) is 5.91 Å². The monoisotopic (exact) mass is 530 g/mol. The Labute approximate surface area is 210 Å². The molecule has 12 heteroatoms. The van der Waals surface area contributed by atoms with Gasteiger partial charge in [0.05, 0.1) is 11.6 Å². The predicted molar refractivity (Wildman–Crippen MR) is 131 cm³/mol. The molecule has 0 aromatic heterocycles. The Morgan fingerprint density at radius 3 is 2.46 bits per heavy atom. The van der Waals surface area contributed by atoms with Crippen LogP contribution in [0.4, 0.5) is 26.3 Å². The van der Waals surface area contributed by atoms with Gasteiger partial charge in [0, 0.05) is 31.3 Å². The zero-order valence-electron chi connectivity index (χ0n) is 20.7. The second-order valence-corrected chi connectivity index (χ2v) is 8.83. The van der Waals surface area contributed by atoms with E-state index in [4.69, 9.17) is 0 Å². The lowest BCUT2D eigenvalue weighted by molar-refractivity contribution is -0.116. The van der Waals surface area contributed by atoms with Crippen molar-refractivity contribution in [1.29, 1.82) is 0 Å². The number of allylic oxidation sites excluding steroid dienone is 2. The lowest BCUT2D eigenvalue weighted by atomic mass is 9.80. The van der Waals surface area contributed by atoms with Crippen molar-refractivity contribution in [2.45, 2.75) is 58.2 Å². The van der Waals surface area contributed by atoms with E-state index in [1.165, 1.54) is 13.1 Å². The van der Waals surface area contributed by atoms with E-state index in [1.54, 1.807) is 25.2 Å². The molecular weight excluding hydrogens is 502 g/mol. The molecule has 0 saturated heterocycles. The normalized spacial score (nSPS) is 25.5. The molecule has 0 bridgehead atoms. The van der Waals surface area contributed by atoms with Crippen LogP contribution in [0.15, 0.2) is 73.8 Å². The summed E-state index contributed by atoms with van der Waals surface area (Å²) in [7, 11) is 0. The van der Waals surface area contributed by atoms with Crippen LogP contribution in [0.5, 0.6) is 0 Å². The van der Waals surface area contributed by atoms with Crippen molar-refractivity contribution in [2.24, 2.45) is 20.9 Å². The van der Waals surface area contributed by atoms with E-state index in [2.05, 4.69) is 26.9 Å². The van der Waals surface area contributed by atoms with E-state index in [1.807, 2.05) is 0 Å². The van der Waals surface area contributed by atoms with E-state index in [-0.39, 0.29) is 18.5 Å². The Morgan fingerprint density at radius 1 is 1.30 bits per heavy atom. The average molecular weight is 531 g/mol. The first-order valence-corrected chi connectivity index (χ1v) is 11.2. The van der Waals surface area contributed by atoms with Crippen molar-refractivity contribution in [3.05, 3.63) is 58.9 Å². The van der Waals surface area contributed by atoms with E-state index >= 15 is 0 Å². The highest BCUT2D eigenvalue weighted by atomic mass is 19.4. The van der Waals surface area contributed by atoms with Crippen molar-refractivity contribution in [2.75, 3.05) is 6.54 Å². The number of alkyl halides is 6. The van der Waals surface area contributed by atoms with Gasteiger partial charge in [0.1, 0.15) is 11.4 Å². The van der Waals surface area contributed by atoms with Crippen LogP contribution in [0.2, 0.25) is 0 Å². The summed E-state index contributed by atoms with van der Waals surface area (Å²) in [5, 5.41) is 12.6. The lowest BCUT2D eigenvalue weighted by Crippen LogP contribution is -2.33. The summed E-state index contributed by atoms with van der Waals surface area (Å²) in [6.45, 7) is 8.49. The lowest BCUT2D eigenvalue weighted by Gasteiger charge is -2.31. The van der Waals surface area contributed by atoms with Crippen LogP contribution in [0.25, 0.3) is 0 Å². The average Bonchev–Trinajstić information content (AvgIpc) is 2.77. The summed E-state index contributed by atoms with van der Waals surface area (Å²) in [4.78, 5) is 23.5. The zero-order chi connectivity index (χ0) is 28.2. The maximum atomic E-state index is 13.2. The fourth-order valence-corrected chi connectivity index (χ4v) is 3.55. The first-order valence-electron chi connectivity index (χ1n) is 11.2. The molecule has 1 aliphatic heterocycles. The number of carbonyl (C=O) groups excluding carboxylic acids is 1. The molecule has 37 heavy (non-hydrogen) atoms. The Morgan fingerprint density at radius 2 is 1.95 bits per heavy atom. The van der Waals surface area contributed by atoms with E-state index < -0.39 is 47.4 Å². The number of nitrogens with one attached hydrogen (secondary N) is 1. The summed E-state index contributed by atoms with van der Waals surface area (Å²) in [6, 6.07) is -0.898. The number of hydrogen-bond donors (Lipinski definition) is 2. The van der Waals surface area contributed by atoms with Gasteiger partial charge in [0.15, 0.2) is 5.72 Å². The number of amides is 1. The minimum Gasteiger partial charge on any atom is -0.369 e. The standard InChI is InChI=1S/C25H28F6N4O2/c1-6-20(25(29,30)31)32-11-15(3)22(36)33-12-17-9-14(2)21(35-16(4)24(26,27)28)19(10-17)18-7-8-23(5,37)34-13-18/h6-7,9-11,13,19,21,37H,3,8,12H2,1-2,4-5H3,(H,33,36). The van der Waals surface area contributed by atoms with Gasteiger partial charge in [-0.05, 0) is 44.4 Å². The minimum absolute atomic E-state index is 0.0773. The Bertz CT molecular complexity index is 1130. The van der Waals surface area contributed by atoms with Crippen LogP contribution in [0.1, 0.15) is 34.1 Å². The molecule has 3 unspecified atom stereocenters. The molecule has 1 aliphatic carbocycles. The van der Waals surface area contributed by atoms with Gasteiger partial charge >= 0.3 is 12.4 Å². The van der Waals surface area contributed by atoms with Crippen LogP contribution in [0.3, 0.4) is 0 Å². The number of dihydropyridines is 1. The molecule has 2 N–H and O–H groups in total. The van der Waals surface area contributed by atoms with Crippen LogP contribution in [-0.2, 0) is 4.79 Å². The fourth-order valence-electron chi connectivity index (χ4n) is 3.55. The molecular formula is C25H28F6N4O2. The Balaban J connectivity index is 2.26. The molecule has 0 saturated carbocycles. The van der Waals surface area contributed by atoms with Crippen molar-refractivity contribution in [3.8, 4) is 0 Å². The minimum atomic E-state index is -4.68. The number of nitrogens with zero attached hydrogens (tertiary/aromatic N) is 3. The molecule has 202 valence electrons.